The fourth-order valence-corrected chi connectivity index (χ4v) is 2.03. The van der Waals surface area contributed by atoms with Gasteiger partial charge in [0, 0.05) is 24.0 Å². The maximum absolute atomic E-state index is 10.9. The molecule has 1 heterocycles. The van der Waals surface area contributed by atoms with Crippen LogP contribution in [0.1, 0.15) is 17.3 Å². The predicted molar refractivity (Wildman–Crippen MR) is 65.4 cm³/mol. The number of benzene rings is 1. The third-order valence-electron chi connectivity index (χ3n) is 2.96. The van der Waals surface area contributed by atoms with E-state index in [-0.39, 0.29) is 11.6 Å². The summed E-state index contributed by atoms with van der Waals surface area (Å²) < 4.78 is 5.36. The lowest BCUT2D eigenvalue weighted by atomic mass is 10.1. The van der Waals surface area contributed by atoms with Crippen molar-refractivity contribution >= 4 is 17.3 Å². The van der Waals surface area contributed by atoms with Crippen LogP contribution in [0.4, 0.5) is 11.4 Å². The van der Waals surface area contributed by atoms with Crippen LogP contribution in [0.3, 0.4) is 0 Å². The van der Waals surface area contributed by atoms with Crippen molar-refractivity contribution < 1.29 is 14.6 Å². The lowest BCUT2D eigenvalue weighted by Crippen LogP contribution is -2.43. The number of ether oxygens (including phenoxy) is 1. The number of rotatable bonds is 2. The van der Waals surface area contributed by atoms with E-state index in [2.05, 4.69) is 11.8 Å². The Morgan fingerprint density at radius 2 is 2.35 bits per heavy atom. The van der Waals surface area contributed by atoms with Gasteiger partial charge in [0.25, 0.3) is 0 Å². The molecule has 5 heteroatoms. The predicted octanol–water partition coefficient (Wildman–Crippen LogP) is 1.19. The van der Waals surface area contributed by atoms with Gasteiger partial charge >= 0.3 is 5.97 Å². The topological polar surface area (TPSA) is 75.8 Å². The van der Waals surface area contributed by atoms with E-state index in [9.17, 15) is 4.79 Å². The smallest absolute Gasteiger partial charge is 0.337 e. The maximum atomic E-state index is 10.9. The van der Waals surface area contributed by atoms with Crippen LogP contribution >= 0.6 is 0 Å². The molecule has 1 fully saturated rings. The number of morpholine rings is 1. The van der Waals surface area contributed by atoms with Gasteiger partial charge in [0.15, 0.2) is 0 Å². The molecule has 0 radical (unpaired) electrons. The van der Waals surface area contributed by atoms with Gasteiger partial charge in [-0.05, 0) is 25.1 Å². The molecule has 0 bridgehead atoms. The Hall–Kier alpha value is -1.75. The average Bonchev–Trinajstić information content (AvgIpc) is 2.29. The van der Waals surface area contributed by atoms with Crippen molar-refractivity contribution in [2.75, 3.05) is 30.4 Å². The molecule has 17 heavy (non-hydrogen) atoms. The molecule has 92 valence electrons. The van der Waals surface area contributed by atoms with Gasteiger partial charge in [0.2, 0.25) is 0 Å². The number of carboxylic acids is 1. The van der Waals surface area contributed by atoms with E-state index >= 15 is 0 Å². The van der Waals surface area contributed by atoms with E-state index in [0.29, 0.717) is 18.9 Å². The Kier molecular flexibility index (Phi) is 3.19. The van der Waals surface area contributed by atoms with Crippen molar-refractivity contribution in [1.82, 2.24) is 0 Å². The van der Waals surface area contributed by atoms with E-state index in [1.54, 1.807) is 18.2 Å². The minimum absolute atomic E-state index is 0.148. The molecule has 3 N–H and O–H groups in total. The monoisotopic (exact) mass is 236 g/mol. The molecule has 0 spiro atoms. The normalized spacial score (nSPS) is 20.3. The Morgan fingerprint density at radius 3 is 2.94 bits per heavy atom. The molecule has 1 aliphatic rings. The van der Waals surface area contributed by atoms with Gasteiger partial charge in [-0.15, -0.1) is 0 Å². The highest BCUT2D eigenvalue weighted by molar-refractivity contribution is 5.94. The second-order valence-corrected chi connectivity index (χ2v) is 4.19. The highest BCUT2D eigenvalue weighted by atomic mass is 16.5. The summed E-state index contributed by atoms with van der Waals surface area (Å²) in [6, 6.07) is 5.33. The highest BCUT2D eigenvalue weighted by Gasteiger charge is 2.20. The quantitative estimate of drug-likeness (QED) is 0.754. The van der Waals surface area contributed by atoms with Crippen molar-refractivity contribution in [1.29, 1.82) is 0 Å². The lowest BCUT2D eigenvalue weighted by molar-refractivity contribution is 0.0698. The van der Waals surface area contributed by atoms with Gasteiger partial charge in [0.05, 0.1) is 18.8 Å². The van der Waals surface area contributed by atoms with E-state index < -0.39 is 5.97 Å². The van der Waals surface area contributed by atoms with Crippen molar-refractivity contribution in [3.63, 3.8) is 0 Å². The standard InChI is InChI=1S/C12H16N2O3/c1-8-7-17-5-4-14(8)9-2-3-10(12(15)16)11(13)6-9/h2-3,6,8H,4-5,7,13H2,1H3,(H,15,16). The van der Waals surface area contributed by atoms with Crippen molar-refractivity contribution in [2.24, 2.45) is 0 Å². The van der Waals surface area contributed by atoms with Crippen LogP contribution in [-0.2, 0) is 4.74 Å². The number of carbonyl (C=O) groups is 1. The number of nitrogens with zero attached hydrogens (tertiary/aromatic N) is 1. The molecule has 1 aliphatic heterocycles. The molecule has 1 saturated heterocycles. The molecule has 5 nitrogen and oxygen atoms in total. The fourth-order valence-electron chi connectivity index (χ4n) is 2.03. The maximum Gasteiger partial charge on any atom is 0.337 e. The zero-order valence-electron chi connectivity index (χ0n) is 9.72. The second kappa shape index (κ2) is 4.63. The summed E-state index contributed by atoms with van der Waals surface area (Å²) in [7, 11) is 0. The van der Waals surface area contributed by atoms with Gasteiger partial charge in [0.1, 0.15) is 0 Å². The molecule has 1 unspecified atom stereocenters. The molecule has 0 amide bonds. The van der Waals surface area contributed by atoms with Gasteiger partial charge in [-0.1, -0.05) is 0 Å². The largest absolute Gasteiger partial charge is 0.478 e. The van der Waals surface area contributed by atoms with Crippen LogP contribution < -0.4 is 10.6 Å². The lowest BCUT2D eigenvalue weighted by Gasteiger charge is -2.35. The summed E-state index contributed by atoms with van der Waals surface area (Å²) in [5.74, 6) is -0.996. The minimum Gasteiger partial charge on any atom is -0.478 e. The van der Waals surface area contributed by atoms with Gasteiger partial charge < -0.3 is 20.5 Å². The Bertz CT molecular complexity index is 434. The summed E-state index contributed by atoms with van der Waals surface area (Å²) in [6.07, 6.45) is 0. The fraction of sp³-hybridized carbons (Fsp3) is 0.417. The Morgan fingerprint density at radius 1 is 1.59 bits per heavy atom. The van der Waals surface area contributed by atoms with E-state index in [4.69, 9.17) is 15.6 Å². The highest BCUT2D eigenvalue weighted by Crippen LogP contribution is 2.24. The van der Waals surface area contributed by atoms with Crippen LogP contribution in [0.25, 0.3) is 0 Å². The summed E-state index contributed by atoms with van der Waals surface area (Å²) in [5, 5.41) is 8.91. The molecular weight excluding hydrogens is 220 g/mol. The molecule has 1 atom stereocenters. The number of hydrogen-bond acceptors (Lipinski definition) is 4. The molecular formula is C12H16N2O3. The molecule has 1 aromatic carbocycles. The minimum atomic E-state index is -0.996. The van der Waals surface area contributed by atoms with Crippen LogP contribution in [0.15, 0.2) is 18.2 Å². The first-order chi connectivity index (χ1) is 8.09. The first-order valence-electron chi connectivity index (χ1n) is 5.57. The summed E-state index contributed by atoms with van der Waals surface area (Å²) in [5.41, 5.74) is 7.13. The zero-order chi connectivity index (χ0) is 12.4. The van der Waals surface area contributed by atoms with E-state index in [1.807, 2.05) is 0 Å². The van der Waals surface area contributed by atoms with Gasteiger partial charge in [-0.25, -0.2) is 4.79 Å². The number of anilines is 2. The third kappa shape index (κ3) is 2.34. The van der Waals surface area contributed by atoms with E-state index in [1.165, 1.54) is 0 Å². The zero-order valence-corrected chi connectivity index (χ0v) is 9.72. The molecule has 1 aromatic rings. The van der Waals surface area contributed by atoms with Crippen molar-refractivity contribution in [3.8, 4) is 0 Å². The molecule has 0 saturated carbocycles. The average molecular weight is 236 g/mol. The van der Waals surface area contributed by atoms with Crippen LogP contribution in [-0.4, -0.2) is 36.9 Å². The first kappa shape index (κ1) is 11.7. The van der Waals surface area contributed by atoms with Gasteiger partial charge in [-0.2, -0.15) is 0 Å². The summed E-state index contributed by atoms with van der Waals surface area (Å²) in [4.78, 5) is 13.0. The SMILES string of the molecule is CC1COCCN1c1ccc(C(=O)O)c(N)c1. The number of aromatic carboxylic acids is 1. The Labute approximate surface area is 99.8 Å². The number of hydrogen-bond donors (Lipinski definition) is 2. The number of nitrogens with two attached hydrogens (primary N) is 1. The first-order valence-corrected chi connectivity index (χ1v) is 5.57. The van der Waals surface area contributed by atoms with Crippen molar-refractivity contribution in [2.45, 2.75) is 13.0 Å². The van der Waals surface area contributed by atoms with Crippen LogP contribution in [0, 0.1) is 0 Å². The summed E-state index contributed by atoms with van der Waals surface area (Å²) >= 11 is 0. The summed E-state index contributed by atoms with van der Waals surface area (Å²) in [6.45, 7) is 4.24. The second-order valence-electron chi connectivity index (χ2n) is 4.19. The van der Waals surface area contributed by atoms with Gasteiger partial charge in [-0.3, -0.25) is 0 Å². The van der Waals surface area contributed by atoms with Crippen LogP contribution in [0.2, 0.25) is 0 Å². The number of carboxylic acid groups (broad SMARTS) is 1. The molecule has 0 aromatic heterocycles. The molecule has 2 rings (SSSR count). The third-order valence-corrected chi connectivity index (χ3v) is 2.96. The van der Waals surface area contributed by atoms with E-state index in [0.717, 1.165) is 12.2 Å². The number of nitrogen functional groups attached to an aromatic ring is 1. The molecule has 0 aliphatic carbocycles. The Balaban J connectivity index is 2.27. The van der Waals surface area contributed by atoms with Crippen molar-refractivity contribution in [3.05, 3.63) is 23.8 Å². The van der Waals surface area contributed by atoms with Crippen LogP contribution in [0.5, 0.6) is 0 Å².